The molecule has 1 saturated heterocycles. The molecule has 1 aliphatic heterocycles. The number of halogens is 1. The maximum atomic E-state index is 12.6. The van der Waals surface area contributed by atoms with Gasteiger partial charge >= 0.3 is 0 Å². The van der Waals surface area contributed by atoms with Crippen molar-refractivity contribution in [3.63, 3.8) is 0 Å². The summed E-state index contributed by atoms with van der Waals surface area (Å²) in [6.45, 7) is 0.678. The molecule has 1 aromatic carbocycles. The molecule has 0 N–H and O–H groups in total. The Morgan fingerprint density at radius 2 is 2.04 bits per heavy atom. The van der Waals surface area contributed by atoms with Gasteiger partial charge in [-0.1, -0.05) is 11.6 Å². The molecule has 23 heavy (non-hydrogen) atoms. The second-order valence-corrected chi connectivity index (χ2v) is 8.01. The van der Waals surface area contributed by atoms with Crippen molar-refractivity contribution < 1.29 is 13.2 Å². The van der Waals surface area contributed by atoms with Crippen LogP contribution in [0.5, 0.6) is 0 Å². The first-order valence-corrected chi connectivity index (χ1v) is 8.99. The van der Waals surface area contributed by atoms with Gasteiger partial charge in [-0.05, 0) is 30.7 Å². The predicted octanol–water partition coefficient (Wildman–Crippen LogP) is 1.01. The zero-order chi connectivity index (χ0) is 16.4. The number of sulfone groups is 1. The van der Waals surface area contributed by atoms with Crippen molar-refractivity contribution in [2.45, 2.75) is 23.1 Å². The maximum absolute atomic E-state index is 12.6. The molecule has 1 aromatic heterocycles. The van der Waals surface area contributed by atoms with Crippen LogP contribution in [0.4, 0.5) is 0 Å². The molecule has 1 unspecified atom stereocenters. The number of hydrogen-bond donors (Lipinski definition) is 0. The monoisotopic (exact) mass is 354 g/mol. The van der Waals surface area contributed by atoms with Crippen LogP contribution < -0.4 is 0 Å². The maximum Gasteiger partial charge on any atom is 0.244 e. The number of likely N-dealkylation sites (tertiary alicyclic amines) is 1. The van der Waals surface area contributed by atoms with Gasteiger partial charge in [-0.2, -0.15) is 5.10 Å². The fourth-order valence-electron chi connectivity index (χ4n) is 2.58. The molecule has 2 aromatic rings. The van der Waals surface area contributed by atoms with Gasteiger partial charge in [-0.3, -0.25) is 4.79 Å². The van der Waals surface area contributed by atoms with E-state index in [-0.39, 0.29) is 23.9 Å². The van der Waals surface area contributed by atoms with E-state index in [2.05, 4.69) is 10.1 Å². The molecule has 2 heterocycles. The highest BCUT2D eigenvalue weighted by Gasteiger charge is 2.36. The Balaban J connectivity index is 1.69. The first-order valence-electron chi connectivity index (χ1n) is 7.06. The van der Waals surface area contributed by atoms with Gasteiger partial charge < -0.3 is 4.90 Å². The van der Waals surface area contributed by atoms with Crippen molar-refractivity contribution >= 4 is 27.3 Å². The molecule has 0 radical (unpaired) electrons. The minimum atomic E-state index is -3.47. The molecule has 1 amide bonds. The summed E-state index contributed by atoms with van der Waals surface area (Å²) in [5.41, 5.74) is 0. The zero-order valence-corrected chi connectivity index (χ0v) is 13.7. The lowest BCUT2D eigenvalue weighted by atomic mass is 10.4. The third kappa shape index (κ3) is 3.37. The van der Waals surface area contributed by atoms with E-state index in [9.17, 15) is 13.2 Å². The van der Waals surface area contributed by atoms with E-state index >= 15 is 0 Å². The highest BCUT2D eigenvalue weighted by Crippen LogP contribution is 2.25. The minimum absolute atomic E-state index is 0.0632. The van der Waals surface area contributed by atoms with Crippen LogP contribution in [0, 0.1) is 0 Å². The van der Waals surface area contributed by atoms with Crippen molar-refractivity contribution in [1.29, 1.82) is 0 Å². The predicted molar refractivity (Wildman–Crippen MR) is 83.6 cm³/mol. The second-order valence-electron chi connectivity index (χ2n) is 5.34. The van der Waals surface area contributed by atoms with Crippen molar-refractivity contribution in [1.82, 2.24) is 19.7 Å². The molecule has 0 bridgehead atoms. The van der Waals surface area contributed by atoms with Crippen molar-refractivity contribution in [2.75, 3.05) is 13.1 Å². The summed E-state index contributed by atoms with van der Waals surface area (Å²) in [4.78, 5) is 17.8. The number of carbonyl (C=O) groups excluding carboxylic acids is 1. The summed E-state index contributed by atoms with van der Waals surface area (Å²) in [6.07, 6.45) is 3.23. The molecule has 1 atom stereocenters. The SMILES string of the molecule is O=C(Cn1cncn1)N1CCC(S(=O)(=O)c2ccc(Cl)cc2)C1. The molecule has 122 valence electrons. The number of amides is 1. The Bertz CT molecular complexity index is 790. The minimum Gasteiger partial charge on any atom is -0.340 e. The zero-order valence-electron chi connectivity index (χ0n) is 12.2. The Morgan fingerprint density at radius 1 is 1.30 bits per heavy atom. The average molecular weight is 355 g/mol. The first-order chi connectivity index (χ1) is 11.0. The molecule has 1 aliphatic rings. The van der Waals surface area contributed by atoms with Gasteiger partial charge in [-0.15, -0.1) is 0 Å². The summed E-state index contributed by atoms with van der Waals surface area (Å²) in [6, 6.07) is 6.10. The average Bonchev–Trinajstić information content (AvgIpc) is 3.19. The summed E-state index contributed by atoms with van der Waals surface area (Å²) in [7, 11) is -3.47. The normalized spacial score (nSPS) is 18.3. The topological polar surface area (TPSA) is 85.2 Å². The van der Waals surface area contributed by atoms with Gasteiger partial charge in [0.25, 0.3) is 0 Å². The highest BCUT2D eigenvalue weighted by atomic mass is 35.5. The van der Waals surface area contributed by atoms with Crippen molar-refractivity contribution in [2.24, 2.45) is 0 Å². The van der Waals surface area contributed by atoms with Crippen LogP contribution in [-0.2, 0) is 21.2 Å². The fourth-order valence-corrected chi connectivity index (χ4v) is 4.40. The van der Waals surface area contributed by atoms with E-state index in [1.807, 2.05) is 0 Å². The molecule has 0 saturated carbocycles. The number of benzene rings is 1. The molecule has 9 heteroatoms. The summed E-state index contributed by atoms with van der Waals surface area (Å²) < 4.78 is 26.7. The van der Waals surface area contributed by atoms with E-state index < -0.39 is 15.1 Å². The Kier molecular flexibility index (Phi) is 4.36. The summed E-state index contributed by atoms with van der Waals surface area (Å²) >= 11 is 5.79. The van der Waals surface area contributed by atoms with Gasteiger partial charge in [0.2, 0.25) is 5.91 Å². The third-order valence-electron chi connectivity index (χ3n) is 3.84. The van der Waals surface area contributed by atoms with Gasteiger partial charge in [0.1, 0.15) is 19.2 Å². The smallest absolute Gasteiger partial charge is 0.244 e. The quantitative estimate of drug-likeness (QED) is 0.818. The summed E-state index contributed by atoms with van der Waals surface area (Å²) in [5, 5.41) is 3.77. The van der Waals surface area contributed by atoms with Gasteiger partial charge in [0.05, 0.1) is 10.1 Å². The van der Waals surface area contributed by atoms with Crippen LogP contribution in [0.2, 0.25) is 5.02 Å². The molecular formula is C14H15ClN4O3S. The molecule has 3 rings (SSSR count). The number of hydrogen-bond acceptors (Lipinski definition) is 5. The standard InChI is InChI=1S/C14H15ClN4O3S/c15-11-1-3-12(4-2-11)23(21,22)13-5-6-18(7-13)14(20)8-19-10-16-9-17-19/h1-4,9-10,13H,5-8H2. The Hall–Kier alpha value is -1.93. The lowest BCUT2D eigenvalue weighted by Gasteiger charge is -2.16. The van der Waals surface area contributed by atoms with Gasteiger partial charge in [0.15, 0.2) is 9.84 Å². The highest BCUT2D eigenvalue weighted by molar-refractivity contribution is 7.92. The van der Waals surface area contributed by atoms with Crippen LogP contribution >= 0.6 is 11.6 Å². The number of aromatic nitrogens is 3. The van der Waals surface area contributed by atoms with E-state index in [0.29, 0.717) is 18.0 Å². The number of carbonyl (C=O) groups is 1. The first kappa shape index (κ1) is 15.9. The lowest BCUT2D eigenvalue weighted by molar-refractivity contribution is -0.130. The van der Waals surface area contributed by atoms with Crippen LogP contribution in [0.1, 0.15) is 6.42 Å². The van der Waals surface area contributed by atoms with Gasteiger partial charge in [0, 0.05) is 18.1 Å². The van der Waals surface area contributed by atoms with Gasteiger partial charge in [-0.25, -0.2) is 18.1 Å². The fraction of sp³-hybridized carbons (Fsp3) is 0.357. The van der Waals surface area contributed by atoms with Crippen molar-refractivity contribution in [3.8, 4) is 0 Å². The Labute approximate surface area is 138 Å². The van der Waals surface area contributed by atoms with Crippen LogP contribution in [0.3, 0.4) is 0 Å². The number of nitrogens with zero attached hydrogens (tertiary/aromatic N) is 4. The van der Waals surface area contributed by atoms with E-state index in [0.717, 1.165) is 0 Å². The molecular weight excluding hydrogens is 340 g/mol. The van der Waals surface area contributed by atoms with E-state index in [1.54, 1.807) is 17.0 Å². The molecule has 1 fully saturated rings. The lowest BCUT2D eigenvalue weighted by Crippen LogP contribution is -2.34. The Morgan fingerprint density at radius 3 is 2.70 bits per heavy atom. The van der Waals surface area contributed by atoms with Crippen molar-refractivity contribution in [3.05, 3.63) is 41.9 Å². The summed E-state index contributed by atoms with van der Waals surface area (Å²) in [5.74, 6) is -0.163. The van der Waals surface area contributed by atoms with Crippen LogP contribution in [0.25, 0.3) is 0 Å². The molecule has 0 spiro atoms. The van der Waals surface area contributed by atoms with E-state index in [1.165, 1.54) is 29.5 Å². The third-order valence-corrected chi connectivity index (χ3v) is 6.29. The van der Waals surface area contributed by atoms with Crippen LogP contribution in [-0.4, -0.2) is 52.3 Å². The molecule has 7 nitrogen and oxygen atoms in total. The largest absolute Gasteiger partial charge is 0.340 e. The molecule has 0 aliphatic carbocycles. The van der Waals surface area contributed by atoms with E-state index in [4.69, 9.17) is 11.6 Å². The number of rotatable bonds is 4. The van der Waals surface area contributed by atoms with Crippen LogP contribution in [0.15, 0.2) is 41.8 Å². The second kappa shape index (κ2) is 6.29.